The molecule has 0 aliphatic rings. The highest BCUT2D eigenvalue weighted by atomic mass is 32.2. The van der Waals surface area contributed by atoms with Crippen LogP contribution in [-0.2, 0) is 12.4 Å². The average molecular weight is 424 g/mol. The number of para-hydroxylation sites is 1. The first kappa shape index (κ1) is 21.4. The number of hydrogen-bond donors (Lipinski definition) is 1. The number of halogens is 1. The summed E-state index contributed by atoms with van der Waals surface area (Å²) >= 11 is 1.41. The number of methoxy groups -OCH3 is 1. The Labute approximate surface area is 179 Å². The number of amidine groups is 1. The second kappa shape index (κ2) is 11.0. The predicted molar refractivity (Wildman–Crippen MR) is 121 cm³/mol. The zero-order valence-corrected chi connectivity index (χ0v) is 17.3. The second-order valence-corrected chi connectivity index (χ2v) is 7.25. The number of ether oxygens (including phenoxy) is 2. The molecule has 0 aromatic heterocycles. The second-order valence-electron chi connectivity index (χ2n) is 6.25. The molecule has 0 fully saturated rings. The van der Waals surface area contributed by atoms with E-state index >= 15 is 0 Å². The Morgan fingerprint density at radius 1 is 1.03 bits per heavy atom. The third kappa shape index (κ3) is 6.35. The summed E-state index contributed by atoms with van der Waals surface area (Å²) < 4.78 is 24.7. The van der Waals surface area contributed by atoms with Crippen LogP contribution in [0.15, 0.2) is 83.0 Å². The minimum atomic E-state index is -0.310. The number of nitrogens with zero attached hydrogens (tertiary/aromatic N) is 2. The molecule has 0 atom stereocenters. The molecule has 0 saturated carbocycles. The first-order valence-electron chi connectivity index (χ1n) is 9.23. The summed E-state index contributed by atoms with van der Waals surface area (Å²) in [5, 5.41) is 8.48. The van der Waals surface area contributed by atoms with E-state index < -0.39 is 0 Å². The van der Waals surface area contributed by atoms with Crippen molar-refractivity contribution in [2.75, 3.05) is 7.11 Å². The third-order valence-corrected chi connectivity index (χ3v) is 4.94. The van der Waals surface area contributed by atoms with Crippen molar-refractivity contribution in [3.8, 4) is 11.5 Å². The van der Waals surface area contributed by atoms with Gasteiger partial charge in [-0.25, -0.2) is 4.39 Å². The van der Waals surface area contributed by atoms with Gasteiger partial charge in [-0.3, -0.25) is 0 Å². The SMILES string of the molecule is COc1cccc(C=NN=C(N)SCc2ccccc2)c1OCc1cccc(F)c1. The molecule has 7 heteroatoms. The number of nitrogens with two attached hydrogens (primary N) is 1. The van der Waals surface area contributed by atoms with Crippen LogP contribution in [-0.4, -0.2) is 18.5 Å². The largest absolute Gasteiger partial charge is 0.493 e. The smallest absolute Gasteiger partial charge is 0.180 e. The fourth-order valence-electron chi connectivity index (χ4n) is 2.64. The van der Waals surface area contributed by atoms with E-state index in [2.05, 4.69) is 10.2 Å². The molecule has 2 N–H and O–H groups in total. The Kier molecular flexibility index (Phi) is 7.86. The summed E-state index contributed by atoms with van der Waals surface area (Å²) in [5.41, 5.74) is 8.48. The van der Waals surface area contributed by atoms with E-state index in [4.69, 9.17) is 15.2 Å². The normalized spacial score (nSPS) is 11.6. The maximum absolute atomic E-state index is 13.4. The summed E-state index contributed by atoms with van der Waals surface area (Å²) in [4.78, 5) is 0. The maximum atomic E-state index is 13.4. The molecule has 0 spiro atoms. The van der Waals surface area contributed by atoms with Gasteiger partial charge >= 0.3 is 0 Å². The molecule has 5 nitrogen and oxygen atoms in total. The molecular weight excluding hydrogens is 401 g/mol. The Morgan fingerprint density at radius 3 is 2.57 bits per heavy atom. The number of rotatable bonds is 8. The van der Waals surface area contributed by atoms with Gasteiger partial charge < -0.3 is 15.2 Å². The molecule has 0 amide bonds. The quantitative estimate of drug-likeness (QED) is 0.315. The molecule has 0 aliphatic heterocycles. The highest BCUT2D eigenvalue weighted by Gasteiger charge is 2.10. The van der Waals surface area contributed by atoms with Crippen LogP contribution in [0.4, 0.5) is 4.39 Å². The van der Waals surface area contributed by atoms with Gasteiger partial charge in [0.25, 0.3) is 0 Å². The molecule has 0 heterocycles. The van der Waals surface area contributed by atoms with Crippen LogP contribution in [0.25, 0.3) is 0 Å². The summed E-state index contributed by atoms with van der Waals surface area (Å²) in [6.45, 7) is 0.192. The van der Waals surface area contributed by atoms with Crippen molar-refractivity contribution in [3.63, 3.8) is 0 Å². The molecule has 30 heavy (non-hydrogen) atoms. The average Bonchev–Trinajstić information content (AvgIpc) is 2.77. The van der Waals surface area contributed by atoms with Gasteiger partial charge in [0.2, 0.25) is 0 Å². The van der Waals surface area contributed by atoms with Crippen molar-refractivity contribution < 1.29 is 13.9 Å². The summed E-state index contributed by atoms with van der Waals surface area (Å²) in [6.07, 6.45) is 1.55. The van der Waals surface area contributed by atoms with E-state index in [9.17, 15) is 4.39 Å². The lowest BCUT2D eigenvalue weighted by molar-refractivity contribution is 0.283. The fourth-order valence-corrected chi connectivity index (χ4v) is 3.25. The van der Waals surface area contributed by atoms with E-state index in [1.165, 1.54) is 23.9 Å². The van der Waals surface area contributed by atoms with Crippen LogP contribution in [0.2, 0.25) is 0 Å². The fraction of sp³-hybridized carbons (Fsp3) is 0.130. The first-order valence-corrected chi connectivity index (χ1v) is 10.2. The highest BCUT2D eigenvalue weighted by Crippen LogP contribution is 2.31. The van der Waals surface area contributed by atoms with E-state index in [0.717, 1.165) is 5.56 Å². The molecule has 0 bridgehead atoms. The third-order valence-electron chi connectivity index (χ3n) is 4.08. The van der Waals surface area contributed by atoms with Gasteiger partial charge in [-0.15, -0.1) is 5.10 Å². The first-order chi connectivity index (χ1) is 14.7. The minimum absolute atomic E-state index is 0.192. The Morgan fingerprint density at radius 2 is 1.80 bits per heavy atom. The molecule has 3 aromatic carbocycles. The van der Waals surface area contributed by atoms with E-state index in [1.54, 1.807) is 31.5 Å². The van der Waals surface area contributed by atoms with Gasteiger partial charge in [0.05, 0.1) is 13.3 Å². The Balaban J connectivity index is 1.68. The number of hydrogen-bond acceptors (Lipinski definition) is 5. The van der Waals surface area contributed by atoms with Crippen LogP contribution in [0, 0.1) is 5.82 Å². The molecular formula is C23H22FN3O2S. The van der Waals surface area contributed by atoms with Gasteiger partial charge in [0.1, 0.15) is 12.4 Å². The highest BCUT2D eigenvalue weighted by molar-refractivity contribution is 8.13. The molecule has 3 aromatic rings. The molecule has 0 radical (unpaired) electrons. The van der Waals surface area contributed by atoms with E-state index in [1.807, 2.05) is 42.5 Å². The Hall–Kier alpha value is -3.32. The zero-order valence-electron chi connectivity index (χ0n) is 16.5. The monoisotopic (exact) mass is 423 g/mol. The van der Waals surface area contributed by atoms with Gasteiger partial charge in [0.15, 0.2) is 16.7 Å². The van der Waals surface area contributed by atoms with Crippen LogP contribution in [0.3, 0.4) is 0 Å². The number of thioether (sulfide) groups is 1. The van der Waals surface area contributed by atoms with Crippen molar-refractivity contribution in [1.29, 1.82) is 0 Å². The molecule has 154 valence electrons. The lowest BCUT2D eigenvalue weighted by Gasteiger charge is -2.13. The van der Waals surface area contributed by atoms with Gasteiger partial charge in [-0.2, -0.15) is 5.10 Å². The van der Waals surface area contributed by atoms with Crippen LogP contribution in [0.5, 0.6) is 11.5 Å². The van der Waals surface area contributed by atoms with Crippen molar-refractivity contribution in [3.05, 3.63) is 95.3 Å². The van der Waals surface area contributed by atoms with Gasteiger partial charge in [-0.1, -0.05) is 60.3 Å². The lowest BCUT2D eigenvalue weighted by atomic mass is 10.2. The minimum Gasteiger partial charge on any atom is -0.493 e. The van der Waals surface area contributed by atoms with Gasteiger partial charge in [-0.05, 0) is 35.4 Å². The summed E-state index contributed by atoms with van der Waals surface area (Å²) in [5.74, 6) is 1.45. The van der Waals surface area contributed by atoms with Crippen LogP contribution in [0.1, 0.15) is 16.7 Å². The van der Waals surface area contributed by atoms with Crippen molar-refractivity contribution in [2.24, 2.45) is 15.9 Å². The van der Waals surface area contributed by atoms with Crippen LogP contribution >= 0.6 is 11.8 Å². The lowest BCUT2D eigenvalue weighted by Crippen LogP contribution is -2.06. The zero-order chi connectivity index (χ0) is 21.2. The molecule has 0 saturated heterocycles. The Bertz CT molecular complexity index is 1030. The molecule has 0 aliphatic carbocycles. The van der Waals surface area contributed by atoms with E-state index in [0.29, 0.717) is 33.5 Å². The predicted octanol–water partition coefficient (Wildman–Crippen LogP) is 5.00. The molecule has 3 rings (SSSR count). The van der Waals surface area contributed by atoms with Crippen molar-refractivity contribution in [1.82, 2.24) is 0 Å². The summed E-state index contributed by atoms with van der Waals surface area (Å²) in [6, 6.07) is 21.7. The maximum Gasteiger partial charge on any atom is 0.180 e. The van der Waals surface area contributed by atoms with Crippen molar-refractivity contribution in [2.45, 2.75) is 12.4 Å². The standard InChI is InChI=1S/C23H22FN3O2S/c1-28-21-12-6-10-19(22(21)29-15-18-9-5-11-20(24)13-18)14-26-27-23(25)30-16-17-7-3-2-4-8-17/h2-14H,15-16H2,1H3,(H2,25,27). The topological polar surface area (TPSA) is 69.2 Å². The number of benzene rings is 3. The van der Waals surface area contributed by atoms with Gasteiger partial charge in [0, 0.05) is 11.3 Å². The van der Waals surface area contributed by atoms with Crippen LogP contribution < -0.4 is 15.2 Å². The molecule has 0 unspecified atom stereocenters. The summed E-state index contributed by atoms with van der Waals surface area (Å²) in [7, 11) is 1.56. The van der Waals surface area contributed by atoms with Crippen molar-refractivity contribution >= 4 is 23.1 Å². The van der Waals surface area contributed by atoms with E-state index in [-0.39, 0.29) is 12.4 Å².